The van der Waals surface area contributed by atoms with E-state index >= 15 is 0 Å². The van der Waals surface area contributed by atoms with Crippen molar-refractivity contribution in [3.63, 3.8) is 0 Å². The molecule has 4 nitrogen and oxygen atoms in total. The molecule has 0 radical (unpaired) electrons. The van der Waals surface area contributed by atoms with Crippen LogP contribution in [0.1, 0.15) is 18.2 Å². The van der Waals surface area contributed by atoms with Gasteiger partial charge in [-0.25, -0.2) is 4.98 Å². The van der Waals surface area contributed by atoms with Crippen molar-refractivity contribution in [3.05, 3.63) is 54.0 Å². The molecule has 0 aliphatic carbocycles. The van der Waals surface area contributed by atoms with Crippen molar-refractivity contribution >= 4 is 5.82 Å². The predicted octanol–water partition coefficient (Wildman–Crippen LogP) is 2.07. The summed E-state index contributed by atoms with van der Waals surface area (Å²) in [6.07, 6.45) is 3.36. The molecule has 2 rings (SSSR count). The molecule has 0 amide bonds. The van der Waals surface area contributed by atoms with E-state index in [2.05, 4.69) is 34.3 Å². The number of benzene rings is 1. The lowest BCUT2D eigenvalue weighted by Gasteiger charge is -2.31. The molecule has 0 bridgehead atoms. The summed E-state index contributed by atoms with van der Waals surface area (Å²) in [6, 6.07) is 10.1. The van der Waals surface area contributed by atoms with E-state index in [4.69, 9.17) is 5.73 Å². The number of nitrogens with zero attached hydrogens (tertiary/aromatic N) is 2. The third-order valence-electron chi connectivity index (χ3n) is 3.09. The SMILES string of the molecule is Cc1nccnc1NC(C)(CN)c1ccccc1. The molecule has 94 valence electrons. The fourth-order valence-corrected chi connectivity index (χ4v) is 1.84. The normalized spacial score (nSPS) is 13.9. The van der Waals surface area contributed by atoms with Gasteiger partial charge in [-0.05, 0) is 19.4 Å². The molecule has 2 aromatic rings. The molecule has 1 atom stereocenters. The Kier molecular flexibility index (Phi) is 3.58. The summed E-state index contributed by atoms with van der Waals surface area (Å²) < 4.78 is 0. The molecule has 18 heavy (non-hydrogen) atoms. The Morgan fingerprint density at radius 2 is 1.83 bits per heavy atom. The lowest BCUT2D eigenvalue weighted by molar-refractivity contribution is 0.552. The van der Waals surface area contributed by atoms with Crippen LogP contribution in [0.4, 0.5) is 5.82 Å². The summed E-state index contributed by atoms with van der Waals surface area (Å²) in [4.78, 5) is 8.53. The third kappa shape index (κ3) is 2.49. The number of aromatic nitrogens is 2. The summed E-state index contributed by atoms with van der Waals surface area (Å²) in [6.45, 7) is 4.47. The highest BCUT2D eigenvalue weighted by atomic mass is 15.1. The minimum atomic E-state index is -0.345. The molecule has 1 heterocycles. The fraction of sp³-hybridized carbons (Fsp3) is 0.286. The first-order valence-electron chi connectivity index (χ1n) is 5.97. The zero-order valence-corrected chi connectivity index (χ0v) is 10.7. The zero-order chi connectivity index (χ0) is 13.0. The van der Waals surface area contributed by atoms with Crippen LogP contribution in [0.25, 0.3) is 0 Å². The van der Waals surface area contributed by atoms with E-state index in [9.17, 15) is 0 Å². The first-order valence-corrected chi connectivity index (χ1v) is 5.97. The Morgan fingerprint density at radius 1 is 1.17 bits per heavy atom. The third-order valence-corrected chi connectivity index (χ3v) is 3.09. The van der Waals surface area contributed by atoms with Crippen LogP contribution in [-0.2, 0) is 5.54 Å². The van der Waals surface area contributed by atoms with E-state index in [1.54, 1.807) is 12.4 Å². The lowest BCUT2D eigenvalue weighted by Crippen LogP contribution is -2.40. The van der Waals surface area contributed by atoms with E-state index in [1.807, 2.05) is 25.1 Å². The van der Waals surface area contributed by atoms with Gasteiger partial charge in [-0.3, -0.25) is 4.98 Å². The lowest BCUT2D eigenvalue weighted by atomic mass is 9.92. The topological polar surface area (TPSA) is 63.8 Å². The minimum Gasteiger partial charge on any atom is -0.358 e. The van der Waals surface area contributed by atoms with Gasteiger partial charge in [-0.1, -0.05) is 30.3 Å². The summed E-state index contributed by atoms with van der Waals surface area (Å²) >= 11 is 0. The number of aryl methyl sites for hydroxylation is 1. The molecule has 3 N–H and O–H groups in total. The van der Waals surface area contributed by atoms with Gasteiger partial charge in [0.1, 0.15) is 5.82 Å². The maximum atomic E-state index is 5.93. The van der Waals surface area contributed by atoms with Crippen molar-refractivity contribution < 1.29 is 0 Å². The van der Waals surface area contributed by atoms with Gasteiger partial charge in [0.05, 0.1) is 11.2 Å². The highest BCUT2D eigenvalue weighted by Crippen LogP contribution is 2.24. The van der Waals surface area contributed by atoms with Gasteiger partial charge in [0.15, 0.2) is 0 Å². The number of hydrogen-bond acceptors (Lipinski definition) is 4. The van der Waals surface area contributed by atoms with E-state index in [-0.39, 0.29) is 5.54 Å². The Balaban J connectivity index is 2.32. The van der Waals surface area contributed by atoms with Crippen molar-refractivity contribution in [2.24, 2.45) is 5.73 Å². The number of nitrogens with one attached hydrogen (secondary N) is 1. The van der Waals surface area contributed by atoms with Crippen LogP contribution in [0, 0.1) is 6.92 Å². The fourth-order valence-electron chi connectivity index (χ4n) is 1.84. The van der Waals surface area contributed by atoms with E-state index in [0.717, 1.165) is 17.1 Å². The smallest absolute Gasteiger partial charge is 0.148 e. The highest BCUT2D eigenvalue weighted by molar-refractivity contribution is 5.44. The molecule has 1 aromatic carbocycles. The Morgan fingerprint density at radius 3 is 2.44 bits per heavy atom. The molecule has 0 saturated heterocycles. The first-order chi connectivity index (χ1) is 8.65. The summed E-state index contributed by atoms with van der Waals surface area (Å²) in [5.74, 6) is 0.773. The molecular formula is C14H18N4. The van der Waals surface area contributed by atoms with Crippen molar-refractivity contribution in [1.29, 1.82) is 0 Å². The number of hydrogen-bond donors (Lipinski definition) is 2. The summed E-state index contributed by atoms with van der Waals surface area (Å²) in [7, 11) is 0. The van der Waals surface area contributed by atoms with Crippen LogP contribution < -0.4 is 11.1 Å². The van der Waals surface area contributed by atoms with Crippen LogP contribution in [-0.4, -0.2) is 16.5 Å². The Hall–Kier alpha value is -1.94. The monoisotopic (exact) mass is 242 g/mol. The average Bonchev–Trinajstić information content (AvgIpc) is 2.42. The average molecular weight is 242 g/mol. The molecule has 4 heteroatoms. The van der Waals surface area contributed by atoms with Crippen LogP contribution >= 0.6 is 0 Å². The van der Waals surface area contributed by atoms with Crippen molar-refractivity contribution in [1.82, 2.24) is 9.97 Å². The van der Waals surface area contributed by atoms with Crippen molar-refractivity contribution in [2.45, 2.75) is 19.4 Å². The standard InChI is InChI=1S/C14H18N4/c1-11-13(17-9-8-16-11)18-14(2,10-15)12-6-4-3-5-7-12/h3-9H,10,15H2,1-2H3,(H,17,18). The molecule has 0 aliphatic rings. The summed E-state index contributed by atoms with van der Waals surface area (Å²) in [5, 5.41) is 3.39. The minimum absolute atomic E-state index is 0.345. The van der Waals surface area contributed by atoms with Crippen LogP contribution in [0.15, 0.2) is 42.7 Å². The van der Waals surface area contributed by atoms with Gasteiger partial charge >= 0.3 is 0 Å². The second-order valence-corrected chi connectivity index (χ2v) is 4.52. The molecule has 0 spiro atoms. The van der Waals surface area contributed by atoms with E-state index in [0.29, 0.717) is 6.54 Å². The quantitative estimate of drug-likeness (QED) is 0.861. The number of anilines is 1. The molecule has 0 saturated carbocycles. The molecule has 0 aliphatic heterocycles. The maximum Gasteiger partial charge on any atom is 0.148 e. The largest absolute Gasteiger partial charge is 0.358 e. The Labute approximate surface area is 107 Å². The molecule has 1 unspecified atom stereocenters. The van der Waals surface area contributed by atoms with Crippen molar-refractivity contribution in [3.8, 4) is 0 Å². The van der Waals surface area contributed by atoms with E-state index in [1.165, 1.54) is 0 Å². The first kappa shape index (κ1) is 12.5. The van der Waals surface area contributed by atoms with Gasteiger partial charge in [-0.2, -0.15) is 0 Å². The molecule has 1 aromatic heterocycles. The second kappa shape index (κ2) is 5.14. The molecular weight excluding hydrogens is 224 g/mol. The second-order valence-electron chi connectivity index (χ2n) is 4.52. The van der Waals surface area contributed by atoms with Gasteiger partial charge in [-0.15, -0.1) is 0 Å². The predicted molar refractivity (Wildman–Crippen MR) is 73.2 cm³/mol. The zero-order valence-electron chi connectivity index (χ0n) is 10.7. The van der Waals surface area contributed by atoms with Gasteiger partial charge in [0, 0.05) is 18.9 Å². The Bertz CT molecular complexity index is 512. The van der Waals surface area contributed by atoms with Gasteiger partial charge in [0.2, 0.25) is 0 Å². The number of nitrogens with two attached hydrogens (primary N) is 1. The van der Waals surface area contributed by atoms with Crippen LogP contribution in [0.5, 0.6) is 0 Å². The van der Waals surface area contributed by atoms with E-state index < -0.39 is 0 Å². The highest BCUT2D eigenvalue weighted by Gasteiger charge is 2.25. The van der Waals surface area contributed by atoms with Crippen molar-refractivity contribution in [2.75, 3.05) is 11.9 Å². The molecule has 0 fully saturated rings. The van der Waals surface area contributed by atoms with Crippen LogP contribution in [0.2, 0.25) is 0 Å². The van der Waals surface area contributed by atoms with Crippen LogP contribution in [0.3, 0.4) is 0 Å². The summed E-state index contributed by atoms with van der Waals surface area (Å²) in [5.41, 5.74) is 7.59. The number of rotatable bonds is 4. The van der Waals surface area contributed by atoms with Gasteiger partial charge in [0.25, 0.3) is 0 Å². The van der Waals surface area contributed by atoms with Gasteiger partial charge < -0.3 is 11.1 Å². The maximum absolute atomic E-state index is 5.93.